The van der Waals surface area contributed by atoms with Gasteiger partial charge in [0.15, 0.2) is 5.69 Å². The first-order chi connectivity index (χ1) is 11.6. The van der Waals surface area contributed by atoms with Crippen molar-refractivity contribution in [1.29, 1.82) is 0 Å². The van der Waals surface area contributed by atoms with Crippen molar-refractivity contribution in [3.63, 3.8) is 0 Å². The number of hydrogen-bond acceptors (Lipinski definition) is 4. The van der Waals surface area contributed by atoms with E-state index in [-0.39, 0.29) is 5.91 Å². The van der Waals surface area contributed by atoms with Crippen molar-refractivity contribution in [3.05, 3.63) is 45.1 Å². The van der Waals surface area contributed by atoms with Crippen molar-refractivity contribution in [2.75, 3.05) is 6.54 Å². The average Bonchev–Trinajstić information content (AvgIpc) is 3.29. The lowest BCUT2D eigenvalue weighted by atomic mass is 10.3. The third-order valence-corrected chi connectivity index (χ3v) is 5.77. The fourth-order valence-electron chi connectivity index (χ4n) is 2.41. The number of rotatable bonds is 6. The monoisotopic (exact) mass is 407 g/mol. The Labute approximate surface area is 152 Å². The number of aromatic amines is 1. The van der Waals surface area contributed by atoms with E-state index in [0.717, 1.165) is 39.4 Å². The van der Waals surface area contributed by atoms with E-state index in [4.69, 9.17) is 0 Å². The molecule has 0 unspecified atom stereocenters. The number of aryl methyl sites for hydroxylation is 2. The van der Waals surface area contributed by atoms with E-state index in [1.807, 2.05) is 36.0 Å². The van der Waals surface area contributed by atoms with Gasteiger partial charge in [-0.25, -0.2) is 0 Å². The Kier molecular flexibility index (Phi) is 5.15. The Morgan fingerprint density at radius 3 is 2.96 bits per heavy atom. The number of H-pyrrole nitrogens is 1. The maximum absolute atomic E-state index is 12.1. The second kappa shape index (κ2) is 7.31. The third kappa shape index (κ3) is 3.59. The number of thiophene rings is 1. The number of carbonyl (C=O) groups excluding carboxylic acids is 1. The smallest absolute Gasteiger partial charge is 0.271 e. The van der Waals surface area contributed by atoms with Gasteiger partial charge in [0.25, 0.3) is 5.91 Å². The van der Waals surface area contributed by atoms with Crippen LogP contribution in [0, 0.1) is 13.8 Å². The second-order valence-electron chi connectivity index (χ2n) is 5.46. The largest absolute Gasteiger partial charge is 0.351 e. The van der Waals surface area contributed by atoms with Gasteiger partial charge in [-0.2, -0.15) is 10.2 Å². The molecule has 0 aliphatic rings. The van der Waals surface area contributed by atoms with Gasteiger partial charge in [-0.3, -0.25) is 14.6 Å². The van der Waals surface area contributed by atoms with Gasteiger partial charge >= 0.3 is 0 Å². The van der Waals surface area contributed by atoms with Crippen molar-refractivity contribution >= 4 is 33.2 Å². The lowest BCUT2D eigenvalue weighted by molar-refractivity contribution is 0.0947. The minimum absolute atomic E-state index is 0.163. The van der Waals surface area contributed by atoms with Crippen LogP contribution in [-0.2, 0) is 6.54 Å². The zero-order valence-electron chi connectivity index (χ0n) is 13.5. The van der Waals surface area contributed by atoms with Crippen molar-refractivity contribution < 1.29 is 4.79 Å². The van der Waals surface area contributed by atoms with E-state index in [1.165, 1.54) is 0 Å². The van der Waals surface area contributed by atoms with E-state index in [1.54, 1.807) is 17.4 Å². The van der Waals surface area contributed by atoms with Crippen molar-refractivity contribution in [2.45, 2.75) is 26.8 Å². The molecule has 6 nitrogen and oxygen atoms in total. The standard InChI is InChI=1S/C16H18BrN5OS/c1-10-15(17)11(2)22(21-10)7-4-6-18-16(23)13-9-12(19-20-13)14-5-3-8-24-14/h3,5,8-9H,4,6-7H2,1-2H3,(H,18,23)(H,19,20). The quantitative estimate of drug-likeness (QED) is 0.613. The van der Waals surface area contributed by atoms with E-state index in [2.05, 4.69) is 36.5 Å². The summed E-state index contributed by atoms with van der Waals surface area (Å²) in [5.74, 6) is -0.163. The molecule has 1 amide bonds. The van der Waals surface area contributed by atoms with Crippen LogP contribution < -0.4 is 5.32 Å². The Morgan fingerprint density at radius 2 is 2.29 bits per heavy atom. The first-order valence-electron chi connectivity index (χ1n) is 7.63. The van der Waals surface area contributed by atoms with Gasteiger partial charge in [0, 0.05) is 18.8 Å². The maximum atomic E-state index is 12.1. The fraction of sp³-hybridized carbons (Fsp3) is 0.312. The Morgan fingerprint density at radius 1 is 1.46 bits per heavy atom. The zero-order chi connectivity index (χ0) is 17.1. The van der Waals surface area contributed by atoms with Gasteiger partial charge in [-0.1, -0.05) is 6.07 Å². The fourth-order valence-corrected chi connectivity index (χ4v) is 3.39. The molecule has 0 saturated carbocycles. The molecule has 3 rings (SSSR count). The van der Waals surface area contributed by atoms with Gasteiger partial charge < -0.3 is 5.32 Å². The zero-order valence-corrected chi connectivity index (χ0v) is 15.9. The van der Waals surface area contributed by atoms with Crippen LogP contribution in [0.4, 0.5) is 0 Å². The molecule has 0 aliphatic carbocycles. The first kappa shape index (κ1) is 16.9. The number of halogens is 1. The Bertz CT molecular complexity index is 837. The van der Waals surface area contributed by atoms with Crippen LogP contribution >= 0.6 is 27.3 Å². The molecule has 3 heterocycles. The normalized spacial score (nSPS) is 11.0. The van der Waals surface area contributed by atoms with Gasteiger partial charge in [0.05, 0.1) is 20.7 Å². The lowest BCUT2D eigenvalue weighted by Gasteiger charge is -2.05. The van der Waals surface area contributed by atoms with Crippen LogP contribution in [0.2, 0.25) is 0 Å². The summed E-state index contributed by atoms with van der Waals surface area (Å²) < 4.78 is 3.00. The molecule has 0 atom stereocenters. The molecule has 2 N–H and O–H groups in total. The number of nitrogens with zero attached hydrogens (tertiary/aromatic N) is 3. The van der Waals surface area contributed by atoms with Crippen molar-refractivity contribution in [2.24, 2.45) is 0 Å². The summed E-state index contributed by atoms with van der Waals surface area (Å²) in [5, 5.41) is 16.3. The molecule has 24 heavy (non-hydrogen) atoms. The molecule has 0 aromatic carbocycles. The molecule has 0 spiro atoms. The lowest BCUT2D eigenvalue weighted by Crippen LogP contribution is -2.25. The maximum Gasteiger partial charge on any atom is 0.271 e. The van der Waals surface area contributed by atoms with Crippen molar-refractivity contribution in [1.82, 2.24) is 25.3 Å². The van der Waals surface area contributed by atoms with Crippen LogP contribution in [0.1, 0.15) is 28.3 Å². The predicted molar refractivity (Wildman–Crippen MR) is 98.3 cm³/mol. The minimum atomic E-state index is -0.163. The number of nitrogens with one attached hydrogen (secondary N) is 2. The topological polar surface area (TPSA) is 75.6 Å². The minimum Gasteiger partial charge on any atom is -0.351 e. The molecule has 0 saturated heterocycles. The predicted octanol–water partition coefficient (Wildman–Crippen LogP) is 3.53. The summed E-state index contributed by atoms with van der Waals surface area (Å²) in [4.78, 5) is 13.2. The highest BCUT2D eigenvalue weighted by Gasteiger charge is 2.12. The van der Waals surface area contributed by atoms with Crippen LogP contribution in [0.3, 0.4) is 0 Å². The summed E-state index contributed by atoms with van der Waals surface area (Å²) in [7, 11) is 0. The van der Waals surface area contributed by atoms with Crippen LogP contribution in [0.15, 0.2) is 28.1 Å². The number of aromatic nitrogens is 4. The van der Waals surface area contributed by atoms with Crippen LogP contribution in [0.5, 0.6) is 0 Å². The highest BCUT2D eigenvalue weighted by atomic mass is 79.9. The van der Waals surface area contributed by atoms with Gasteiger partial charge in [-0.15, -0.1) is 11.3 Å². The average molecular weight is 408 g/mol. The molecule has 0 radical (unpaired) electrons. The molecule has 3 aromatic heterocycles. The van der Waals surface area contributed by atoms with E-state index >= 15 is 0 Å². The third-order valence-electron chi connectivity index (χ3n) is 3.72. The van der Waals surface area contributed by atoms with E-state index in [9.17, 15) is 4.79 Å². The summed E-state index contributed by atoms with van der Waals surface area (Å²) in [5.41, 5.74) is 3.36. The van der Waals surface area contributed by atoms with E-state index in [0.29, 0.717) is 12.2 Å². The molecule has 126 valence electrons. The number of carbonyl (C=O) groups is 1. The van der Waals surface area contributed by atoms with E-state index < -0.39 is 0 Å². The molecule has 8 heteroatoms. The van der Waals surface area contributed by atoms with Gasteiger partial charge in [0.2, 0.25) is 0 Å². The summed E-state index contributed by atoms with van der Waals surface area (Å²) in [6.07, 6.45) is 0.808. The first-order valence-corrected chi connectivity index (χ1v) is 9.30. The Balaban J connectivity index is 1.50. The summed E-state index contributed by atoms with van der Waals surface area (Å²) >= 11 is 5.13. The highest BCUT2D eigenvalue weighted by molar-refractivity contribution is 9.10. The molecule has 3 aromatic rings. The molecule has 0 fully saturated rings. The molecular weight excluding hydrogens is 390 g/mol. The van der Waals surface area contributed by atoms with Crippen LogP contribution in [-0.4, -0.2) is 32.4 Å². The molecule has 0 bridgehead atoms. The summed E-state index contributed by atoms with van der Waals surface area (Å²) in [6.45, 7) is 5.34. The second-order valence-corrected chi connectivity index (χ2v) is 7.20. The molecular formula is C16H18BrN5OS. The SMILES string of the molecule is Cc1nn(CCCNC(=O)c2cc(-c3cccs3)[nH]n2)c(C)c1Br. The van der Waals surface area contributed by atoms with Gasteiger partial charge in [0.1, 0.15) is 0 Å². The highest BCUT2D eigenvalue weighted by Crippen LogP contribution is 2.23. The Hall–Kier alpha value is -1.93. The van der Waals surface area contributed by atoms with Crippen LogP contribution in [0.25, 0.3) is 10.6 Å². The number of amides is 1. The molecule has 0 aliphatic heterocycles. The van der Waals surface area contributed by atoms with Gasteiger partial charge in [-0.05, 0) is 53.7 Å². The number of hydrogen-bond donors (Lipinski definition) is 2. The summed E-state index contributed by atoms with van der Waals surface area (Å²) in [6, 6.07) is 5.74. The van der Waals surface area contributed by atoms with Crippen molar-refractivity contribution in [3.8, 4) is 10.6 Å².